The predicted octanol–water partition coefficient (Wildman–Crippen LogP) is -1.33. The van der Waals surface area contributed by atoms with Crippen LogP contribution in [0, 0.1) is 11.3 Å². The van der Waals surface area contributed by atoms with Crippen LogP contribution in [0.15, 0.2) is 12.2 Å². The molecule has 1 heterocycles. The molecule has 1 saturated heterocycles. The minimum Gasteiger partial charge on any atom is -0.418 e. The summed E-state index contributed by atoms with van der Waals surface area (Å²) in [7, 11) is 0. The second kappa shape index (κ2) is 5.61. The zero-order valence-corrected chi connectivity index (χ0v) is 12.8. The molecule has 1 aliphatic carbocycles. The van der Waals surface area contributed by atoms with Crippen molar-refractivity contribution in [3.63, 3.8) is 0 Å². The van der Waals surface area contributed by atoms with E-state index in [0.717, 1.165) is 12.8 Å². The first-order valence-electron chi connectivity index (χ1n) is 5.39. The molecule has 4 nitrogen and oxygen atoms in total. The number of nitrogens with one attached hydrogen (secondary N) is 1. The molecule has 2 aliphatic rings. The Hall–Kier alpha value is -0.230. The Balaban J connectivity index is 0.00000144. The first-order valence-corrected chi connectivity index (χ1v) is 5.80. The van der Waals surface area contributed by atoms with Gasteiger partial charge in [0.25, 0.3) is 0 Å². The predicted molar refractivity (Wildman–Crippen MR) is 63.7 cm³/mol. The third kappa shape index (κ3) is 2.34. The third-order valence-corrected chi connectivity index (χ3v) is 3.61. The molecule has 0 saturated carbocycles. The molecule has 2 amide bonds. The number of rotatable bonds is 2. The van der Waals surface area contributed by atoms with Gasteiger partial charge in [-0.25, -0.2) is 0 Å². The zero-order valence-electron chi connectivity index (χ0n) is 10.0. The van der Waals surface area contributed by atoms with Gasteiger partial charge < -0.3 is 10.6 Å². The fourth-order valence-electron chi connectivity index (χ4n) is 2.47. The van der Waals surface area contributed by atoms with Gasteiger partial charge in [0.05, 0.1) is 5.41 Å². The molecule has 0 aromatic rings. The summed E-state index contributed by atoms with van der Waals surface area (Å²) in [4.78, 5) is 24.0. The van der Waals surface area contributed by atoms with Gasteiger partial charge in [0.1, 0.15) is 0 Å². The van der Waals surface area contributed by atoms with Gasteiger partial charge >= 0.3 is 29.6 Å². The number of carbonyl (C=O) groups excluding carboxylic acids is 2. The standard InChI is InChI=1S/C11H14N2O2S.Na/c1-2-11(7-5-3-4-6-7)8(14)12-10(16)13-9(11)15;/h3,5,7H,2,4,6H2,1H3,(H2,12,13,14,15,16);/q;+1/p-1. The van der Waals surface area contributed by atoms with E-state index in [-0.39, 0.29) is 52.4 Å². The van der Waals surface area contributed by atoms with Crippen molar-refractivity contribution >= 4 is 29.1 Å². The number of allylic oxidation sites excluding steroid dienone is 2. The van der Waals surface area contributed by atoms with Gasteiger partial charge in [0.2, 0.25) is 0 Å². The molecule has 2 atom stereocenters. The molecule has 1 fully saturated rings. The van der Waals surface area contributed by atoms with E-state index in [0.29, 0.717) is 6.42 Å². The van der Waals surface area contributed by atoms with Gasteiger partial charge in [-0.2, -0.15) is 0 Å². The van der Waals surface area contributed by atoms with Gasteiger partial charge in [-0.15, -0.1) is 0 Å². The van der Waals surface area contributed by atoms with Gasteiger partial charge in [-0.05, 0) is 25.2 Å². The topological polar surface area (TPSA) is 60.3 Å². The molecule has 1 aliphatic heterocycles. The van der Waals surface area contributed by atoms with Crippen LogP contribution in [0.2, 0.25) is 0 Å². The second-order valence-corrected chi connectivity index (χ2v) is 4.50. The van der Waals surface area contributed by atoms with Gasteiger partial charge in [-0.3, -0.25) is 9.59 Å². The van der Waals surface area contributed by atoms with Crippen molar-refractivity contribution in [1.82, 2.24) is 5.32 Å². The Kier molecular flexibility index (Phi) is 4.89. The fourth-order valence-corrected chi connectivity index (χ4v) is 2.65. The normalized spacial score (nSPS) is 31.8. The number of hydrogen-bond acceptors (Lipinski definition) is 3. The Bertz CT molecular complexity index is 375. The molecule has 17 heavy (non-hydrogen) atoms. The molecule has 0 radical (unpaired) electrons. The summed E-state index contributed by atoms with van der Waals surface area (Å²) in [5, 5.41) is 6.22. The molecule has 86 valence electrons. The summed E-state index contributed by atoms with van der Waals surface area (Å²) >= 11 is 4.75. The van der Waals surface area contributed by atoms with E-state index in [9.17, 15) is 9.59 Å². The third-order valence-electron chi connectivity index (χ3n) is 3.41. The van der Waals surface area contributed by atoms with Crippen LogP contribution in [0.1, 0.15) is 26.2 Å². The van der Waals surface area contributed by atoms with Crippen LogP contribution in [0.5, 0.6) is 0 Å². The van der Waals surface area contributed by atoms with Crippen LogP contribution in [-0.2, 0) is 9.59 Å². The van der Waals surface area contributed by atoms with Crippen LogP contribution < -0.4 is 34.9 Å². The van der Waals surface area contributed by atoms with Crippen molar-refractivity contribution < 1.29 is 39.1 Å². The number of carbonyl (C=O) groups is 2. The van der Waals surface area contributed by atoms with Gasteiger partial charge in [0.15, 0.2) is 11.8 Å². The van der Waals surface area contributed by atoms with E-state index in [4.69, 9.17) is 12.2 Å². The number of hydrogen-bond donors (Lipinski definition) is 1. The molecule has 1 N–H and O–H groups in total. The zero-order chi connectivity index (χ0) is 11.8. The van der Waals surface area contributed by atoms with E-state index in [2.05, 4.69) is 10.6 Å². The Morgan fingerprint density at radius 2 is 2.29 bits per heavy atom. The maximum absolute atomic E-state index is 12.0. The van der Waals surface area contributed by atoms with Crippen molar-refractivity contribution in [2.75, 3.05) is 0 Å². The van der Waals surface area contributed by atoms with Gasteiger partial charge in [-0.1, -0.05) is 31.3 Å². The molecule has 0 aromatic heterocycles. The second-order valence-electron chi connectivity index (χ2n) is 4.11. The molecular weight excluding hydrogens is 247 g/mol. The number of thiocarbonyl (C=S) groups is 1. The summed E-state index contributed by atoms with van der Waals surface area (Å²) in [6.07, 6.45) is 6.16. The minimum atomic E-state index is -1.03. The van der Waals surface area contributed by atoms with Crippen LogP contribution in [0.25, 0.3) is 5.32 Å². The molecule has 2 rings (SSSR count). The van der Waals surface area contributed by atoms with Crippen molar-refractivity contribution in [3.05, 3.63) is 17.5 Å². The molecule has 0 bridgehead atoms. The summed E-state index contributed by atoms with van der Waals surface area (Å²) in [6.45, 7) is 1.84. The average Bonchev–Trinajstić information content (AvgIpc) is 2.71. The van der Waals surface area contributed by atoms with Gasteiger partial charge in [0, 0.05) is 5.11 Å². The first-order chi connectivity index (χ1) is 7.61. The Labute approximate surface area is 128 Å². The SMILES string of the molecule is CCC1(C2C=CCC2)C(=O)[N-]C(=S)NC1=O.[Na+]. The maximum Gasteiger partial charge on any atom is 1.00 e. The van der Waals surface area contributed by atoms with E-state index in [1.807, 2.05) is 19.1 Å². The molecule has 0 spiro atoms. The summed E-state index contributed by atoms with van der Waals surface area (Å²) < 4.78 is 0. The molecule has 2 unspecified atom stereocenters. The monoisotopic (exact) mass is 260 g/mol. The van der Waals surface area contributed by atoms with E-state index >= 15 is 0 Å². The number of nitrogens with zero attached hydrogens (tertiary/aromatic N) is 1. The van der Waals surface area contributed by atoms with Crippen molar-refractivity contribution in [2.24, 2.45) is 11.3 Å². The van der Waals surface area contributed by atoms with Crippen molar-refractivity contribution in [1.29, 1.82) is 0 Å². The average molecular weight is 260 g/mol. The quantitative estimate of drug-likeness (QED) is 0.290. The van der Waals surface area contributed by atoms with E-state index < -0.39 is 5.41 Å². The summed E-state index contributed by atoms with van der Waals surface area (Å²) in [6, 6.07) is 0. The van der Waals surface area contributed by atoms with Crippen LogP contribution in [-0.4, -0.2) is 16.9 Å². The Morgan fingerprint density at radius 1 is 1.59 bits per heavy atom. The van der Waals surface area contributed by atoms with Crippen LogP contribution in [0.3, 0.4) is 0 Å². The van der Waals surface area contributed by atoms with E-state index in [1.54, 1.807) is 0 Å². The first kappa shape index (κ1) is 14.8. The van der Waals surface area contributed by atoms with Crippen LogP contribution >= 0.6 is 12.2 Å². The largest absolute Gasteiger partial charge is 1.00 e. The molecule has 6 heteroatoms. The smallest absolute Gasteiger partial charge is 0.418 e. The number of amides is 2. The van der Waals surface area contributed by atoms with Crippen molar-refractivity contribution in [3.8, 4) is 0 Å². The Morgan fingerprint density at radius 3 is 2.76 bits per heavy atom. The maximum atomic E-state index is 12.0. The summed E-state index contributed by atoms with van der Waals surface area (Å²) in [5.74, 6) is -0.728. The van der Waals surface area contributed by atoms with E-state index in [1.165, 1.54) is 0 Å². The summed E-state index contributed by atoms with van der Waals surface area (Å²) in [5.41, 5.74) is -1.03. The minimum absolute atomic E-state index is 0. The fraction of sp³-hybridized carbons (Fsp3) is 0.545. The van der Waals surface area contributed by atoms with Crippen molar-refractivity contribution in [2.45, 2.75) is 26.2 Å². The molecule has 0 aromatic carbocycles. The van der Waals surface area contributed by atoms with Crippen LogP contribution in [0.4, 0.5) is 0 Å². The molecular formula is C11H13N2NaO2S.